The van der Waals surface area contributed by atoms with Crippen molar-refractivity contribution in [2.24, 2.45) is 11.3 Å². The number of rotatable bonds is 4. The van der Waals surface area contributed by atoms with Crippen LogP contribution in [0.3, 0.4) is 0 Å². The summed E-state index contributed by atoms with van der Waals surface area (Å²) in [7, 11) is 0. The Bertz CT molecular complexity index is 335. The van der Waals surface area contributed by atoms with Gasteiger partial charge in [0.15, 0.2) is 0 Å². The highest BCUT2D eigenvalue weighted by Gasteiger charge is 2.42. The van der Waals surface area contributed by atoms with Gasteiger partial charge in [-0.1, -0.05) is 20.8 Å². The molecule has 0 aromatic heterocycles. The van der Waals surface area contributed by atoms with Gasteiger partial charge in [-0.25, -0.2) is 0 Å². The topological polar surface area (TPSA) is 49.8 Å². The maximum Gasteiger partial charge on any atom is 0.310 e. The second kappa shape index (κ2) is 6.02. The van der Waals surface area contributed by atoms with Gasteiger partial charge in [-0.2, -0.15) is 11.8 Å². The van der Waals surface area contributed by atoms with Crippen LogP contribution in [0.1, 0.15) is 27.2 Å². The minimum absolute atomic E-state index is 0.0435. The van der Waals surface area contributed by atoms with Crippen molar-refractivity contribution in [1.29, 1.82) is 0 Å². The molecule has 2 aliphatic heterocycles. The number of thioether (sulfide) groups is 1. The monoisotopic (exact) mass is 287 g/mol. The summed E-state index contributed by atoms with van der Waals surface area (Å²) in [4.78, 5) is 13.7. The number of hydrogen-bond donors (Lipinski definition) is 1. The van der Waals surface area contributed by atoms with E-state index in [1.807, 2.05) is 11.8 Å². The molecule has 110 valence electrons. The first-order valence-electron chi connectivity index (χ1n) is 7.08. The summed E-state index contributed by atoms with van der Waals surface area (Å²) in [5.41, 5.74) is 0.346. The van der Waals surface area contributed by atoms with Gasteiger partial charge in [0.2, 0.25) is 0 Å². The molecule has 3 atom stereocenters. The smallest absolute Gasteiger partial charge is 0.310 e. The maximum absolute atomic E-state index is 11.3. The molecular formula is C14H25NO3S. The molecule has 19 heavy (non-hydrogen) atoms. The van der Waals surface area contributed by atoms with E-state index in [9.17, 15) is 9.90 Å². The normalized spacial score (nSPS) is 34.6. The molecular weight excluding hydrogens is 262 g/mol. The fourth-order valence-corrected chi connectivity index (χ4v) is 4.68. The number of nitrogens with zero attached hydrogens (tertiary/aromatic N) is 1. The summed E-state index contributed by atoms with van der Waals surface area (Å²) in [6, 6.07) is 0.522. The van der Waals surface area contributed by atoms with Crippen LogP contribution >= 0.6 is 11.8 Å². The number of ether oxygens (including phenoxy) is 1. The second-order valence-corrected chi connectivity index (χ2v) is 7.45. The number of likely N-dealkylation sites (N-methyl/N-ethyl adjacent to an activating group) is 1. The summed E-state index contributed by atoms with van der Waals surface area (Å²) in [5.74, 6) is 1.23. The van der Waals surface area contributed by atoms with Crippen LogP contribution in [0, 0.1) is 11.3 Å². The molecule has 2 heterocycles. The van der Waals surface area contributed by atoms with E-state index in [4.69, 9.17) is 4.74 Å². The molecule has 0 aromatic rings. The van der Waals surface area contributed by atoms with E-state index in [0.29, 0.717) is 24.7 Å². The lowest BCUT2D eigenvalue weighted by Crippen LogP contribution is -2.52. The fourth-order valence-electron chi connectivity index (χ4n) is 3.31. The summed E-state index contributed by atoms with van der Waals surface area (Å²) in [5, 5.41) is 9.32. The molecule has 0 saturated carbocycles. The highest BCUT2D eigenvalue weighted by molar-refractivity contribution is 7.99. The van der Waals surface area contributed by atoms with Crippen LogP contribution in [0.5, 0.6) is 0 Å². The molecule has 0 aliphatic carbocycles. The van der Waals surface area contributed by atoms with E-state index >= 15 is 0 Å². The van der Waals surface area contributed by atoms with Gasteiger partial charge in [-0.3, -0.25) is 9.69 Å². The van der Waals surface area contributed by atoms with Crippen molar-refractivity contribution in [3.8, 4) is 0 Å². The van der Waals surface area contributed by atoms with E-state index < -0.39 is 5.97 Å². The zero-order valence-corrected chi connectivity index (χ0v) is 12.9. The number of hydrogen-bond acceptors (Lipinski definition) is 4. The molecule has 2 aliphatic rings. The standard InChI is InChI=1S/C14H25NO3S/c1-4-15(10-5-14(2,3)9-19-8-10)12-7-18-6-11(12)13(16)17/h10-12H,4-9H2,1-3H3,(H,16,17). The highest BCUT2D eigenvalue weighted by atomic mass is 32.2. The fraction of sp³-hybridized carbons (Fsp3) is 0.929. The van der Waals surface area contributed by atoms with Gasteiger partial charge in [-0.05, 0) is 24.1 Å². The van der Waals surface area contributed by atoms with Gasteiger partial charge >= 0.3 is 5.97 Å². The first-order chi connectivity index (χ1) is 8.94. The van der Waals surface area contributed by atoms with Crippen molar-refractivity contribution in [1.82, 2.24) is 4.90 Å². The molecule has 2 fully saturated rings. The van der Waals surface area contributed by atoms with Crippen molar-refractivity contribution < 1.29 is 14.6 Å². The zero-order chi connectivity index (χ0) is 14.0. The minimum atomic E-state index is -0.719. The zero-order valence-electron chi connectivity index (χ0n) is 12.1. The predicted molar refractivity (Wildman–Crippen MR) is 77.6 cm³/mol. The number of carboxylic acid groups (broad SMARTS) is 1. The Morgan fingerprint density at radius 3 is 2.79 bits per heavy atom. The van der Waals surface area contributed by atoms with Crippen LogP contribution in [-0.4, -0.2) is 59.3 Å². The van der Waals surface area contributed by atoms with Gasteiger partial charge in [0.25, 0.3) is 0 Å². The lowest BCUT2D eigenvalue weighted by Gasteiger charge is -2.43. The average molecular weight is 287 g/mol. The molecule has 0 bridgehead atoms. The second-order valence-electron chi connectivity index (χ2n) is 6.42. The third kappa shape index (κ3) is 3.44. The van der Waals surface area contributed by atoms with Crippen LogP contribution in [0.15, 0.2) is 0 Å². The summed E-state index contributed by atoms with van der Waals surface area (Å²) >= 11 is 1.99. The number of carbonyl (C=O) groups is 1. The number of aliphatic carboxylic acids is 1. The van der Waals surface area contributed by atoms with E-state index in [-0.39, 0.29) is 12.0 Å². The van der Waals surface area contributed by atoms with Crippen LogP contribution in [0.25, 0.3) is 0 Å². The molecule has 0 radical (unpaired) electrons. The molecule has 5 heteroatoms. The Balaban J connectivity index is 2.08. The summed E-state index contributed by atoms with van der Waals surface area (Å²) < 4.78 is 5.43. The Kier molecular flexibility index (Phi) is 4.79. The van der Waals surface area contributed by atoms with Crippen molar-refractivity contribution in [2.45, 2.75) is 39.3 Å². The third-order valence-corrected chi connectivity index (χ3v) is 5.83. The lowest BCUT2D eigenvalue weighted by molar-refractivity contribution is -0.143. The minimum Gasteiger partial charge on any atom is -0.481 e. The molecule has 2 saturated heterocycles. The Morgan fingerprint density at radius 2 is 2.21 bits per heavy atom. The van der Waals surface area contributed by atoms with Crippen LogP contribution < -0.4 is 0 Å². The summed E-state index contributed by atoms with van der Waals surface area (Å²) in [6.07, 6.45) is 1.15. The van der Waals surface area contributed by atoms with Crippen LogP contribution in [0.2, 0.25) is 0 Å². The van der Waals surface area contributed by atoms with Gasteiger partial charge in [0.1, 0.15) is 0 Å². The molecule has 1 N–H and O–H groups in total. The molecule has 2 rings (SSSR count). The first-order valence-corrected chi connectivity index (χ1v) is 8.24. The number of carboxylic acids is 1. The summed E-state index contributed by atoms with van der Waals surface area (Å²) in [6.45, 7) is 8.56. The van der Waals surface area contributed by atoms with Crippen LogP contribution in [0.4, 0.5) is 0 Å². The molecule has 0 aromatic carbocycles. The molecule has 4 nitrogen and oxygen atoms in total. The first kappa shape index (κ1) is 15.1. The lowest BCUT2D eigenvalue weighted by atomic mass is 9.86. The van der Waals surface area contributed by atoms with E-state index in [2.05, 4.69) is 25.7 Å². The van der Waals surface area contributed by atoms with Crippen LogP contribution in [-0.2, 0) is 9.53 Å². The van der Waals surface area contributed by atoms with Crippen molar-refractivity contribution in [3.63, 3.8) is 0 Å². The molecule has 0 spiro atoms. The Hall–Kier alpha value is -0.260. The highest BCUT2D eigenvalue weighted by Crippen LogP contribution is 2.37. The van der Waals surface area contributed by atoms with Crippen molar-refractivity contribution in [2.75, 3.05) is 31.3 Å². The average Bonchev–Trinajstić information content (AvgIpc) is 2.78. The van der Waals surface area contributed by atoms with Gasteiger partial charge in [0, 0.05) is 17.8 Å². The molecule has 3 unspecified atom stereocenters. The van der Waals surface area contributed by atoms with E-state index in [1.54, 1.807) is 0 Å². The van der Waals surface area contributed by atoms with Gasteiger partial charge < -0.3 is 9.84 Å². The maximum atomic E-state index is 11.3. The third-order valence-electron chi connectivity index (χ3n) is 4.22. The largest absolute Gasteiger partial charge is 0.481 e. The van der Waals surface area contributed by atoms with Crippen molar-refractivity contribution in [3.05, 3.63) is 0 Å². The van der Waals surface area contributed by atoms with Gasteiger partial charge in [0.05, 0.1) is 19.1 Å². The predicted octanol–water partition coefficient (Wildman–Crippen LogP) is 1.94. The quantitative estimate of drug-likeness (QED) is 0.856. The molecule has 0 amide bonds. The van der Waals surface area contributed by atoms with Crippen molar-refractivity contribution >= 4 is 17.7 Å². The Labute approximate surface area is 119 Å². The van der Waals surface area contributed by atoms with E-state index in [1.165, 1.54) is 5.75 Å². The SMILES string of the molecule is CCN(C1CSCC(C)(C)C1)C1COCC1C(=O)O. The van der Waals surface area contributed by atoms with E-state index in [0.717, 1.165) is 18.7 Å². The Morgan fingerprint density at radius 1 is 1.47 bits per heavy atom. The van der Waals surface area contributed by atoms with Gasteiger partial charge in [-0.15, -0.1) is 0 Å².